The van der Waals surface area contributed by atoms with E-state index in [1.54, 1.807) is 0 Å². The zero-order chi connectivity index (χ0) is 15.2. The lowest BCUT2D eigenvalue weighted by molar-refractivity contribution is -0.400. The van der Waals surface area contributed by atoms with E-state index in [4.69, 9.17) is 24.1 Å². The van der Waals surface area contributed by atoms with Crippen LogP contribution in [0.3, 0.4) is 0 Å². The van der Waals surface area contributed by atoms with E-state index in [1.165, 1.54) is 13.8 Å². The molecule has 0 aromatic rings. The van der Waals surface area contributed by atoms with Gasteiger partial charge in [-0.2, -0.15) is 0 Å². The van der Waals surface area contributed by atoms with Crippen LogP contribution in [0, 0.1) is 0 Å². The summed E-state index contributed by atoms with van der Waals surface area (Å²) in [4.78, 5) is 23.0. The van der Waals surface area contributed by atoms with Crippen LogP contribution < -0.4 is 0 Å². The summed E-state index contributed by atoms with van der Waals surface area (Å²) in [6, 6.07) is 0. The van der Waals surface area contributed by atoms with Crippen molar-refractivity contribution in [3.8, 4) is 0 Å². The number of aliphatic hydroxyl groups is 2. The van der Waals surface area contributed by atoms with Crippen LogP contribution in [0.25, 0.3) is 0 Å². The molecule has 0 aromatic carbocycles. The van der Waals surface area contributed by atoms with Crippen molar-refractivity contribution in [3.63, 3.8) is 0 Å². The molecule has 1 rings (SSSR count). The summed E-state index contributed by atoms with van der Waals surface area (Å²) in [5.41, 5.74) is -1.75. The van der Waals surface area contributed by atoms with Crippen LogP contribution in [0.4, 0.5) is 0 Å². The molecule has 0 saturated carbocycles. The Bertz CT molecular complexity index is 328. The highest BCUT2D eigenvalue weighted by Gasteiger charge is 2.55. The summed E-state index contributed by atoms with van der Waals surface area (Å²) >= 11 is 0. The lowest BCUT2D eigenvalue weighted by Crippen LogP contribution is -2.57. The van der Waals surface area contributed by atoms with E-state index in [1.807, 2.05) is 0 Å². The van der Waals surface area contributed by atoms with Crippen LogP contribution in [0.5, 0.6) is 0 Å². The number of ether oxygens (including phenoxy) is 4. The summed E-state index contributed by atoms with van der Waals surface area (Å²) < 4.78 is 20.2. The molecule has 1 heterocycles. The zero-order valence-electron chi connectivity index (χ0n) is 11.6. The lowest BCUT2D eigenvalue weighted by Gasteiger charge is -2.38. The molecular formula is C12H20O8. The zero-order valence-corrected chi connectivity index (χ0v) is 11.6. The molecule has 0 atom stereocenters. The van der Waals surface area contributed by atoms with Crippen LogP contribution in [-0.2, 0) is 28.5 Å². The Labute approximate surface area is 116 Å². The third kappa shape index (κ3) is 4.41. The van der Waals surface area contributed by atoms with Crippen molar-refractivity contribution in [1.29, 1.82) is 0 Å². The molecule has 8 heteroatoms. The number of aliphatic hydroxyl groups excluding tert-OH is 1. The molecule has 1 aliphatic heterocycles. The molecule has 1 aliphatic rings. The SMILES string of the molecule is CC(C)(O)C1(OCCOCCO)OC(=O)CCC(=O)O1. The third-order valence-corrected chi connectivity index (χ3v) is 2.53. The third-order valence-electron chi connectivity index (χ3n) is 2.53. The van der Waals surface area contributed by atoms with E-state index in [0.29, 0.717) is 0 Å². The smallest absolute Gasteiger partial charge is 0.396 e. The second-order valence-electron chi connectivity index (χ2n) is 4.75. The Morgan fingerprint density at radius 1 is 1.15 bits per heavy atom. The van der Waals surface area contributed by atoms with E-state index < -0.39 is 23.5 Å². The highest BCUT2D eigenvalue weighted by Crippen LogP contribution is 2.32. The summed E-state index contributed by atoms with van der Waals surface area (Å²) in [5, 5.41) is 18.7. The van der Waals surface area contributed by atoms with E-state index in [9.17, 15) is 14.7 Å². The van der Waals surface area contributed by atoms with Gasteiger partial charge in [-0.1, -0.05) is 0 Å². The molecule has 0 aromatic heterocycles. The summed E-state index contributed by atoms with van der Waals surface area (Å²) in [5.74, 6) is -3.59. The molecule has 116 valence electrons. The van der Waals surface area contributed by atoms with Crippen molar-refractivity contribution in [2.75, 3.05) is 26.4 Å². The van der Waals surface area contributed by atoms with Gasteiger partial charge in [0.1, 0.15) is 0 Å². The highest BCUT2D eigenvalue weighted by atomic mass is 16.9. The Balaban J connectivity index is 2.75. The topological polar surface area (TPSA) is 112 Å². The first-order valence-electron chi connectivity index (χ1n) is 6.29. The van der Waals surface area contributed by atoms with Crippen molar-refractivity contribution in [2.45, 2.75) is 38.3 Å². The van der Waals surface area contributed by atoms with Crippen molar-refractivity contribution in [1.82, 2.24) is 0 Å². The maximum Gasteiger partial charge on any atom is 0.406 e. The van der Waals surface area contributed by atoms with Gasteiger partial charge in [-0.15, -0.1) is 0 Å². The van der Waals surface area contributed by atoms with Crippen molar-refractivity contribution >= 4 is 11.9 Å². The van der Waals surface area contributed by atoms with Gasteiger partial charge in [0, 0.05) is 0 Å². The van der Waals surface area contributed by atoms with Gasteiger partial charge >= 0.3 is 17.9 Å². The highest BCUT2D eigenvalue weighted by molar-refractivity contribution is 5.79. The molecule has 0 unspecified atom stereocenters. The number of esters is 2. The summed E-state index contributed by atoms with van der Waals surface area (Å²) in [6.45, 7) is 2.57. The second kappa shape index (κ2) is 6.98. The average molecular weight is 292 g/mol. The van der Waals surface area contributed by atoms with E-state index in [2.05, 4.69) is 0 Å². The molecule has 8 nitrogen and oxygen atoms in total. The molecule has 0 bridgehead atoms. The normalized spacial score (nSPS) is 19.2. The molecular weight excluding hydrogens is 272 g/mol. The summed E-state index contributed by atoms with van der Waals surface area (Å²) in [6.07, 6.45) is -0.276. The molecule has 1 fully saturated rings. The van der Waals surface area contributed by atoms with Crippen LogP contribution in [0.1, 0.15) is 26.7 Å². The monoisotopic (exact) mass is 292 g/mol. The number of hydrogen-bond donors (Lipinski definition) is 2. The van der Waals surface area contributed by atoms with Crippen molar-refractivity contribution in [3.05, 3.63) is 0 Å². The van der Waals surface area contributed by atoms with Gasteiger partial charge in [0.05, 0.1) is 39.3 Å². The fourth-order valence-electron chi connectivity index (χ4n) is 1.51. The minimum absolute atomic E-state index is 0.0769. The predicted octanol–water partition coefficient (Wildman–Crippen LogP) is -0.683. The fraction of sp³-hybridized carbons (Fsp3) is 0.833. The first-order valence-corrected chi connectivity index (χ1v) is 6.29. The molecule has 0 aliphatic carbocycles. The van der Waals surface area contributed by atoms with Gasteiger partial charge < -0.3 is 29.2 Å². The second-order valence-corrected chi connectivity index (χ2v) is 4.75. The molecule has 1 saturated heterocycles. The van der Waals surface area contributed by atoms with Crippen LogP contribution in [-0.4, -0.2) is 60.2 Å². The number of carbonyl (C=O) groups excluding carboxylic acids is 2. The summed E-state index contributed by atoms with van der Waals surface area (Å²) in [7, 11) is 0. The van der Waals surface area contributed by atoms with Crippen LogP contribution in [0.2, 0.25) is 0 Å². The minimum atomic E-state index is -2.19. The molecule has 0 amide bonds. The quantitative estimate of drug-likeness (QED) is 0.469. The maximum atomic E-state index is 11.5. The van der Waals surface area contributed by atoms with E-state index in [0.717, 1.165) is 0 Å². The fourth-order valence-corrected chi connectivity index (χ4v) is 1.51. The van der Waals surface area contributed by atoms with Crippen LogP contribution >= 0.6 is 0 Å². The number of cyclic esters (lactones) is 2. The van der Waals surface area contributed by atoms with Gasteiger partial charge in [-0.3, -0.25) is 9.59 Å². The Hall–Kier alpha value is -1.22. The largest absolute Gasteiger partial charge is 0.406 e. The molecule has 20 heavy (non-hydrogen) atoms. The van der Waals surface area contributed by atoms with E-state index in [-0.39, 0.29) is 39.3 Å². The minimum Gasteiger partial charge on any atom is -0.396 e. The first-order chi connectivity index (χ1) is 9.31. The van der Waals surface area contributed by atoms with Gasteiger partial charge in [0.25, 0.3) is 0 Å². The maximum absolute atomic E-state index is 11.5. The first kappa shape index (κ1) is 16.8. The Morgan fingerprint density at radius 2 is 1.70 bits per heavy atom. The van der Waals surface area contributed by atoms with Gasteiger partial charge in [0.15, 0.2) is 5.60 Å². The Morgan fingerprint density at radius 3 is 2.15 bits per heavy atom. The standard InChI is InChI=1S/C12H20O8/c1-11(2,16)12(18-8-7-17-6-5-13)19-9(14)3-4-10(15)20-12/h13,16H,3-8H2,1-2H3. The number of hydrogen-bond acceptors (Lipinski definition) is 8. The lowest BCUT2D eigenvalue weighted by atomic mass is 10.1. The molecule has 2 N–H and O–H groups in total. The van der Waals surface area contributed by atoms with Crippen molar-refractivity contribution in [2.24, 2.45) is 0 Å². The number of rotatable bonds is 7. The molecule has 0 radical (unpaired) electrons. The van der Waals surface area contributed by atoms with Crippen LogP contribution in [0.15, 0.2) is 0 Å². The average Bonchev–Trinajstić information content (AvgIpc) is 2.48. The number of carbonyl (C=O) groups is 2. The van der Waals surface area contributed by atoms with E-state index >= 15 is 0 Å². The van der Waals surface area contributed by atoms with Gasteiger partial charge in [-0.25, -0.2) is 0 Å². The van der Waals surface area contributed by atoms with Crippen molar-refractivity contribution < 1.29 is 38.7 Å². The van der Waals surface area contributed by atoms with Gasteiger partial charge in [-0.05, 0) is 13.8 Å². The predicted molar refractivity (Wildman–Crippen MR) is 64.3 cm³/mol. The molecule has 0 spiro atoms. The Kier molecular flexibility index (Phi) is 5.88. The van der Waals surface area contributed by atoms with Gasteiger partial charge in [0.2, 0.25) is 0 Å².